The molecule has 0 saturated carbocycles. The Morgan fingerprint density at radius 2 is 1.77 bits per heavy atom. The maximum atomic E-state index is 12.7. The minimum absolute atomic E-state index is 0.0152. The minimum atomic E-state index is -4.46. The maximum Gasteiger partial charge on any atom is 0.416 e. The van der Waals surface area contributed by atoms with Crippen LogP contribution < -0.4 is 15.2 Å². The van der Waals surface area contributed by atoms with E-state index < -0.39 is 17.6 Å². The number of aromatic nitrogens is 1. The third-order valence-electron chi connectivity index (χ3n) is 4.93. The van der Waals surface area contributed by atoms with Crippen molar-refractivity contribution in [3.8, 4) is 0 Å². The van der Waals surface area contributed by atoms with E-state index >= 15 is 0 Å². The van der Waals surface area contributed by atoms with Gasteiger partial charge in [-0.3, -0.25) is 14.5 Å². The monoisotopic (exact) mass is 421 g/mol. The van der Waals surface area contributed by atoms with E-state index in [1.54, 1.807) is 4.90 Å². The van der Waals surface area contributed by atoms with Gasteiger partial charge in [-0.1, -0.05) is 12.1 Å². The second-order valence-corrected chi connectivity index (χ2v) is 7.10. The third-order valence-corrected chi connectivity index (χ3v) is 4.93. The van der Waals surface area contributed by atoms with Crippen molar-refractivity contribution in [2.75, 3.05) is 36.4 Å². The molecule has 1 aliphatic rings. The average molecular weight is 421 g/mol. The normalized spacial score (nSPS) is 14.5. The lowest BCUT2D eigenvalue weighted by atomic mass is 10.1. The zero-order chi connectivity index (χ0) is 21.6. The van der Waals surface area contributed by atoms with Crippen LogP contribution in [0.15, 0.2) is 48.7 Å². The van der Waals surface area contributed by atoms with E-state index in [0.29, 0.717) is 19.5 Å². The smallest absolute Gasteiger partial charge is 0.335 e. The number of benzene rings is 1. The number of aromatic amines is 1. The van der Waals surface area contributed by atoms with E-state index in [0.717, 1.165) is 31.0 Å². The molecule has 0 atom stereocenters. The molecule has 3 rings (SSSR count). The molecule has 2 amide bonds. The predicted octanol–water partition coefficient (Wildman–Crippen LogP) is 2.98. The van der Waals surface area contributed by atoms with E-state index in [2.05, 4.69) is 15.2 Å². The zero-order valence-corrected chi connectivity index (χ0v) is 16.4. The van der Waals surface area contributed by atoms with Crippen molar-refractivity contribution < 1.29 is 27.7 Å². The summed E-state index contributed by atoms with van der Waals surface area (Å²) < 4.78 is 38.2. The molecule has 6 nitrogen and oxygen atoms in total. The number of hydrogen-bond acceptors (Lipinski definition) is 3. The van der Waals surface area contributed by atoms with Gasteiger partial charge in [0.05, 0.1) is 24.8 Å². The van der Waals surface area contributed by atoms with Crippen molar-refractivity contribution in [1.82, 2.24) is 4.90 Å². The number of piperazine rings is 1. The highest BCUT2D eigenvalue weighted by Crippen LogP contribution is 2.30. The fraction of sp³-hybridized carbons (Fsp3) is 0.381. The Kier molecular flexibility index (Phi) is 6.91. The fourth-order valence-corrected chi connectivity index (χ4v) is 3.33. The Bertz CT molecular complexity index is 866. The maximum absolute atomic E-state index is 12.7. The second-order valence-electron chi connectivity index (χ2n) is 7.10. The molecule has 0 bridgehead atoms. The Labute approximate surface area is 172 Å². The largest absolute Gasteiger partial charge is 0.416 e. The SMILES string of the molecule is O=C(CCCC(=O)N1CCN(c2cccc[nH+]2)CC1)Nc1cccc(C(F)(F)F)c1. The highest BCUT2D eigenvalue weighted by Gasteiger charge is 2.30. The molecule has 160 valence electrons. The molecule has 0 spiro atoms. The van der Waals surface area contributed by atoms with Gasteiger partial charge in [-0.25, -0.2) is 4.98 Å². The third kappa shape index (κ3) is 5.95. The molecule has 2 aromatic rings. The number of alkyl halides is 3. The molecule has 0 radical (unpaired) electrons. The number of nitrogens with zero attached hydrogens (tertiary/aromatic N) is 2. The van der Waals surface area contributed by atoms with Gasteiger partial charge in [0.1, 0.15) is 13.1 Å². The summed E-state index contributed by atoms with van der Waals surface area (Å²) in [4.78, 5) is 31.5. The summed E-state index contributed by atoms with van der Waals surface area (Å²) in [6.45, 7) is 2.67. The number of rotatable bonds is 6. The van der Waals surface area contributed by atoms with Gasteiger partial charge >= 0.3 is 6.18 Å². The molecular formula is C21H24F3N4O2+. The van der Waals surface area contributed by atoms with E-state index in [1.165, 1.54) is 12.1 Å². The van der Waals surface area contributed by atoms with Crippen LogP contribution in [0.5, 0.6) is 0 Å². The lowest BCUT2D eigenvalue weighted by molar-refractivity contribution is -0.364. The summed E-state index contributed by atoms with van der Waals surface area (Å²) in [6.07, 6.45) is -1.96. The molecule has 1 aromatic heterocycles. The zero-order valence-electron chi connectivity index (χ0n) is 16.4. The van der Waals surface area contributed by atoms with Gasteiger partial charge in [0.2, 0.25) is 11.8 Å². The van der Waals surface area contributed by atoms with Gasteiger partial charge < -0.3 is 10.2 Å². The quantitative estimate of drug-likeness (QED) is 0.780. The van der Waals surface area contributed by atoms with Crippen molar-refractivity contribution in [3.63, 3.8) is 0 Å². The van der Waals surface area contributed by atoms with E-state index in [-0.39, 0.29) is 24.4 Å². The second kappa shape index (κ2) is 9.60. The standard InChI is InChI=1S/C21H23F3N4O2/c22-21(23,24)16-5-3-6-17(15-16)26-19(29)8-4-9-20(30)28-13-11-27(12-14-28)18-7-1-2-10-25-18/h1-3,5-7,10,15H,4,8-9,11-14H2,(H,26,29)/p+1. The molecule has 9 heteroatoms. The lowest BCUT2D eigenvalue weighted by Gasteiger charge is -2.31. The molecule has 0 aliphatic carbocycles. The summed E-state index contributed by atoms with van der Waals surface area (Å²) in [7, 11) is 0. The number of pyridine rings is 1. The fourth-order valence-electron chi connectivity index (χ4n) is 3.33. The van der Waals surface area contributed by atoms with Crippen LogP contribution in [0, 0.1) is 0 Å². The first-order valence-corrected chi connectivity index (χ1v) is 9.79. The predicted molar refractivity (Wildman–Crippen MR) is 106 cm³/mol. The highest BCUT2D eigenvalue weighted by atomic mass is 19.4. The molecule has 1 aromatic carbocycles. The summed E-state index contributed by atoms with van der Waals surface area (Å²) in [5.74, 6) is 0.584. The number of amides is 2. The van der Waals surface area contributed by atoms with Crippen molar-refractivity contribution >= 4 is 23.3 Å². The molecule has 1 aliphatic heterocycles. The number of anilines is 2. The van der Waals surface area contributed by atoms with Gasteiger partial charge in [0.25, 0.3) is 5.82 Å². The van der Waals surface area contributed by atoms with Crippen LogP contribution in [0.25, 0.3) is 0 Å². The van der Waals surface area contributed by atoms with Gasteiger partial charge in [-0.15, -0.1) is 0 Å². The van der Waals surface area contributed by atoms with Crippen molar-refractivity contribution in [1.29, 1.82) is 0 Å². The number of nitrogens with one attached hydrogen (secondary N) is 2. The Balaban J connectivity index is 1.39. The van der Waals surface area contributed by atoms with Gasteiger partial charge in [-0.05, 0) is 30.7 Å². The number of H-pyrrole nitrogens is 1. The molecule has 30 heavy (non-hydrogen) atoms. The Hall–Kier alpha value is -3.10. The molecule has 1 fully saturated rings. The molecule has 1 saturated heterocycles. The molecule has 2 heterocycles. The van der Waals surface area contributed by atoms with Crippen molar-refractivity contribution in [2.45, 2.75) is 25.4 Å². The van der Waals surface area contributed by atoms with Crippen molar-refractivity contribution in [2.24, 2.45) is 0 Å². The van der Waals surface area contributed by atoms with Gasteiger partial charge in [-0.2, -0.15) is 13.2 Å². The first-order chi connectivity index (χ1) is 14.3. The minimum Gasteiger partial charge on any atom is -0.335 e. The number of carbonyl (C=O) groups is 2. The van der Waals surface area contributed by atoms with E-state index in [9.17, 15) is 22.8 Å². The van der Waals surface area contributed by atoms with Crippen LogP contribution in [0.1, 0.15) is 24.8 Å². The Morgan fingerprint density at radius 3 is 2.43 bits per heavy atom. The number of hydrogen-bond donors (Lipinski definition) is 1. The Morgan fingerprint density at radius 1 is 1.00 bits per heavy atom. The van der Waals surface area contributed by atoms with Crippen LogP contribution >= 0.6 is 0 Å². The number of halogens is 3. The van der Waals surface area contributed by atoms with Crippen LogP contribution in [-0.4, -0.2) is 42.9 Å². The summed E-state index contributed by atoms with van der Waals surface area (Å²) in [5, 5.41) is 2.46. The average Bonchev–Trinajstić information content (AvgIpc) is 2.74. The van der Waals surface area contributed by atoms with Gasteiger partial charge in [0, 0.05) is 24.6 Å². The van der Waals surface area contributed by atoms with E-state index in [1.807, 2.05) is 24.4 Å². The summed E-state index contributed by atoms with van der Waals surface area (Å²) in [5.41, 5.74) is -0.724. The first-order valence-electron chi connectivity index (χ1n) is 9.79. The van der Waals surface area contributed by atoms with Crippen LogP contribution in [0.2, 0.25) is 0 Å². The van der Waals surface area contributed by atoms with Crippen LogP contribution in [-0.2, 0) is 15.8 Å². The van der Waals surface area contributed by atoms with Crippen molar-refractivity contribution in [3.05, 3.63) is 54.2 Å². The summed E-state index contributed by atoms with van der Waals surface area (Å²) >= 11 is 0. The topological polar surface area (TPSA) is 66.8 Å². The van der Waals surface area contributed by atoms with E-state index in [4.69, 9.17) is 0 Å². The molecular weight excluding hydrogens is 397 g/mol. The lowest BCUT2D eigenvalue weighted by Crippen LogP contribution is -2.50. The number of carbonyl (C=O) groups excluding carboxylic acids is 2. The van der Waals surface area contributed by atoms with Gasteiger partial charge in [0.15, 0.2) is 0 Å². The summed E-state index contributed by atoms with van der Waals surface area (Å²) in [6, 6.07) is 10.3. The van der Waals surface area contributed by atoms with Crippen LogP contribution in [0.4, 0.5) is 24.7 Å². The first kappa shape index (κ1) is 21.6. The molecule has 2 N–H and O–H groups in total. The highest BCUT2D eigenvalue weighted by molar-refractivity contribution is 5.91. The van der Waals surface area contributed by atoms with Crippen LogP contribution in [0.3, 0.4) is 0 Å². The molecule has 0 unspecified atom stereocenters.